The number of nitrogens with zero attached hydrogens (tertiary/aromatic N) is 1. The molecule has 0 atom stereocenters. The van der Waals surface area contributed by atoms with Crippen molar-refractivity contribution < 1.29 is 0 Å². The lowest BCUT2D eigenvalue weighted by atomic mass is 9.98. The van der Waals surface area contributed by atoms with Crippen molar-refractivity contribution in [3.05, 3.63) is 78.5 Å². The second-order valence-corrected chi connectivity index (χ2v) is 5.41. The Morgan fingerprint density at radius 1 is 0.714 bits per heavy atom. The summed E-state index contributed by atoms with van der Waals surface area (Å²) >= 11 is 0. The summed E-state index contributed by atoms with van der Waals surface area (Å²) in [5.41, 5.74) is 3.50. The minimum Gasteiger partial charge on any atom is -0.256 e. The van der Waals surface area contributed by atoms with E-state index in [4.69, 9.17) is 0 Å². The number of fused-ring (bicyclic) bond motifs is 3. The third-order valence-corrected chi connectivity index (χ3v) is 3.96. The number of aromatic nitrogens is 1. The molecule has 0 aliphatic carbocycles. The van der Waals surface area contributed by atoms with Gasteiger partial charge in [-0.2, -0.15) is 0 Å². The number of aryl methyl sites for hydroxylation is 1. The van der Waals surface area contributed by atoms with Gasteiger partial charge in [0.05, 0.1) is 5.69 Å². The van der Waals surface area contributed by atoms with Gasteiger partial charge in [0.25, 0.3) is 0 Å². The van der Waals surface area contributed by atoms with Gasteiger partial charge < -0.3 is 0 Å². The fourth-order valence-electron chi connectivity index (χ4n) is 2.94. The molecule has 0 spiro atoms. The molecule has 21 heavy (non-hydrogen) atoms. The minimum atomic E-state index is 1.05. The molecule has 4 aromatic rings. The van der Waals surface area contributed by atoms with Crippen molar-refractivity contribution in [2.75, 3.05) is 0 Å². The Morgan fingerprint density at radius 2 is 1.52 bits per heavy atom. The fourth-order valence-corrected chi connectivity index (χ4v) is 2.94. The molecule has 1 nitrogen and oxygen atoms in total. The van der Waals surface area contributed by atoms with Crippen LogP contribution in [0.15, 0.2) is 72.9 Å². The van der Waals surface area contributed by atoms with Crippen LogP contribution in [0.1, 0.15) is 5.56 Å². The molecule has 1 aromatic heterocycles. The largest absolute Gasteiger partial charge is 0.256 e. The van der Waals surface area contributed by atoms with E-state index in [1.165, 1.54) is 27.1 Å². The lowest BCUT2D eigenvalue weighted by molar-refractivity contribution is 1.36. The van der Waals surface area contributed by atoms with Crippen molar-refractivity contribution in [1.29, 1.82) is 0 Å². The van der Waals surface area contributed by atoms with Crippen LogP contribution < -0.4 is 0 Å². The molecule has 0 saturated heterocycles. The zero-order valence-corrected chi connectivity index (χ0v) is 11.9. The van der Waals surface area contributed by atoms with Gasteiger partial charge in [0.1, 0.15) is 0 Å². The Bertz CT molecular complexity index is 940. The first kappa shape index (κ1) is 12.1. The molecular weight excluding hydrogens is 254 g/mol. The first-order valence-electron chi connectivity index (χ1n) is 7.16. The molecule has 0 N–H and O–H groups in total. The third kappa shape index (κ3) is 1.98. The van der Waals surface area contributed by atoms with E-state index in [1.54, 1.807) is 0 Å². The van der Waals surface area contributed by atoms with Gasteiger partial charge in [0.2, 0.25) is 0 Å². The Kier molecular flexibility index (Phi) is 2.71. The Balaban J connectivity index is 2.09. The van der Waals surface area contributed by atoms with Crippen molar-refractivity contribution >= 4 is 21.5 Å². The zero-order valence-electron chi connectivity index (χ0n) is 11.9. The summed E-state index contributed by atoms with van der Waals surface area (Å²) in [4.78, 5) is 4.60. The van der Waals surface area contributed by atoms with Crippen molar-refractivity contribution in [3.8, 4) is 11.3 Å². The maximum atomic E-state index is 4.60. The van der Waals surface area contributed by atoms with Crippen LogP contribution in [0.3, 0.4) is 0 Å². The van der Waals surface area contributed by atoms with E-state index in [9.17, 15) is 0 Å². The summed E-state index contributed by atoms with van der Waals surface area (Å²) in [6, 6.07) is 23.5. The molecule has 3 aromatic carbocycles. The average Bonchev–Trinajstić information content (AvgIpc) is 2.54. The van der Waals surface area contributed by atoms with Crippen LogP contribution >= 0.6 is 0 Å². The second kappa shape index (κ2) is 4.71. The first-order valence-corrected chi connectivity index (χ1v) is 7.16. The van der Waals surface area contributed by atoms with Gasteiger partial charge in [-0.25, -0.2) is 0 Å². The molecule has 4 rings (SSSR count). The Labute approximate surface area is 123 Å². The molecule has 0 unspecified atom stereocenters. The van der Waals surface area contributed by atoms with Crippen molar-refractivity contribution in [2.24, 2.45) is 0 Å². The first-order chi connectivity index (χ1) is 10.3. The molecule has 0 aliphatic rings. The molecule has 1 heteroatoms. The second-order valence-electron chi connectivity index (χ2n) is 5.41. The number of benzene rings is 3. The van der Waals surface area contributed by atoms with Crippen molar-refractivity contribution in [1.82, 2.24) is 4.98 Å². The van der Waals surface area contributed by atoms with Crippen LogP contribution in [0.25, 0.3) is 32.8 Å². The van der Waals surface area contributed by atoms with Gasteiger partial charge in [-0.3, -0.25) is 4.98 Å². The van der Waals surface area contributed by atoms with Crippen LogP contribution in [-0.2, 0) is 0 Å². The quantitative estimate of drug-likeness (QED) is 0.424. The fraction of sp³-hybridized carbons (Fsp3) is 0.0500. The maximum Gasteiger partial charge on any atom is 0.0780 e. The smallest absolute Gasteiger partial charge is 0.0780 e. The number of hydrogen-bond acceptors (Lipinski definition) is 1. The molecule has 0 amide bonds. The summed E-state index contributed by atoms with van der Waals surface area (Å²) in [5.74, 6) is 0. The topological polar surface area (TPSA) is 12.9 Å². The van der Waals surface area contributed by atoms with Gasteiger partial charge in [0, 0.05) is 17.1 Å². The van der Waals surface area contributed by atoms with Gasteiger partial charge in [-0.15, -0.1) is 0 Å². The maximum absolute atomic E-state index is 4.60. The monoisotopic (exact) mass is 269 g/mol. The molecule has 0 saturated carbocycles. The van der Waals surface area contributed by atoms with Gasteiger partial charge in [0.15, 0.2) is 0 Å². The molecule has 0 bridgehead atoms. The predicted octanol–water partition coefficient (Wildman–Crippen LogP) is 5.36. The third-order valence-electron chi connectivity index (χ3n) is 3.96. The molecular formula is C20H15N. The lowest BCUT2D eigenvalue weighted by Crippen LogP contribution is -1.87. The number of hydrogen-bond donors (Lipinski definition) is 0. The molecule has 100 valence electrons. The lowest BCUT2D eigenvalue weighted by Gasteiger charge is -2.09. The number of pyridine rings is 1. The van der Waals surface area contributed by atoms with Crippen LogP contribution in [-0.4, -0.2) is 4.98 Å². The summed E-state index contributed by atoms with van der Waals surface area (Å²) in [6.07, 6.45) is 1.91. The van der Waals surface area contributed by atoms with Crippen molar-refractivity contribution in [3.63, 3.8) is 0 Å². The Hall–Kier alpha value is -2.67. The van der Waals surface area contributed by atoms with E-state index < -0.39 is 0 Å². The van der Waals surface area contributed by atoms with Crippen LogP contribution in [0.2, 0.25) is 0 Å². The van der Waals surface area contributed by atoms with Crippen LogP contribution in [0.4, 0.5) is 0 Å². The summed E-state index contributed by atoms with van der Waals surface area (Å²) < 4.78 is 0. The predicted molar refractivity (Wildman–Crippen MR) is 89.4 cm³/mol. The van der Waals surface area contributed by atoms with E-state index in [0.717, 1.165) is 11.3 Å². The Morgan fingerprint density at radius 3 is 2.38 bits per heavy atom. The molecule has 1 heterocycles. The summed E-state index contributed by atoms with van der Waals surface area (Å²) in [7, 11) is 0. The summed E-state index contributed by atoms with van der Waals surface area (Å²) in [6.45, 7) is 2.13. The standard InChI is InChI=1S/C20H15N/c1-14-7-9-17-16(13-14)8-10-19-18(17)11-12-21-20(19)15-5-3-2-4-6-15/h2-13H,1H3. The van der Waals surface area contributed by atoms with E-state index in [-0.39, 0.29) is 0 Å². The molecule has 0 radical (unpaired) electrons. The zero-order chi connectivity index (χ0) is 14.2. The average molecular weight is 269 g/mol. The highest BCUT2D eigenvalue weighted by Crippen LogP contribution is 2.31. The van der Waals surface area contributed by atoms with Gasteiger partial charge >= 0.3 is 0 Å². The summed E-state index contributed by atoms with van der Waals surface area (Å²) in [5, 5.41) is 5.05. The highest BCUT2D eigenvalue weighted by molar-refractivity contribution is 6.11. The van der Waals surface area contributed by atoms with Gasteiger partial charge in [-0.1, -0.05) is 66.2 Å². The van der Waals surface area contributed by atoms with Crippen molar-refractivity contribution in [2.45, 2.75) is 6.92 Å². The van der Waals surface area contributed by atoms with E-state index in [0.29, 0.717) is 0 Å². The highest BCUT2D eigenvalue weighted by Gasteiger charge is 2.07. The molecule has 0 aliphatic heterocycles. The van der Waals surface area contributed by atoms with E-state index in [1.807, 2.05) is 12.3 Å². The van der Waals surface area contributed by atoms with Crippen LogP contribution in [0, 0.1) is 6.92 Å². The number of rotatable bonds is 1. The molecule has 0 fully saturated rings. The minimum absolute atomic E-state index is 1.05. The highest BCUT2D eigenvalue weighted by atomic mass is 14.7. The SMILES string of the molecule is Cc1ccc2c(ccc3c(-c4ccccc4)nccc32)c1. The van der Waals surface area contributed by atoms with Gasteiger partial charge in [-0.05, 0) is 29.1 Å². The van der Waals surface area contributed by atoms with E-state index >= 15 is 0 Å². The van der Waals surface area contributed by atoms with Crippen LogP contribution in [0.5, 0.6) is 0 Å². The normalized spacial score (nSPS) is 11.1. The van der Waals surface area contributed by atoms with E-state index in [2.05, 4.69) is 72.6 Å².